The normalized spacial score (nSPS) is 58.6. The van der Waals surface area contributed by atoms with E-state index >= 15 is 0 Å². The highest BCUT2D eigenvalue weighted by atomic mass is 16.8. The standard InChI is InChI=1S/C45H74O19/c1-18-7-10-45(57-17-18)19(2)30-26(64-45)12-23-21-6-5-20-11-25(24(49)13-44(20,4)22(21)8-9-43(23,30)3)58-40-37(56)35(54)38(29(16-48)61-40)62-42-39(34(53)32(51)28(15-47)60-42)63-41-36(55)33(52)31(50)27(14-46)59-41/h18-42,46-56H,5-17H2,1-4H3. The van der Waals surface area contributed by atoms with Crippen molar-refractivity contribution in [2.75, 3.05) is 26.4 Å². The summed E-state index contributed by atoms with van der Waals surface area (Å²) in [5.41, 5.74) is 0.0147. The van der Waals surface area contributed by atoms with Gasteiger partial charge in [-0.2, -0.15) is 0 Å². The van der Waals surface area contributed by atoms with Gasteiger partial charge in [0.15, 0.2) is 24.7 Å². The van der Waals surface area contributed by atoms with Gasteiger partial charge < -0.3 is 94.1 Å². The van der Waals surface area contributed by atoms with E-state index in [9.17, 15) is 56.2 Å². The number of aliphatic hydroxyl groups excluding tert-OH is 11. The van der Waals surface area contributed by atoms with Crippen molar-refractivity contribution in [3.63, 3.8) is 0 Å². The second kappa shape index (κ2) is 18.2. The van der Waals surface area contributed by atoms with Crippen LogP contribution in [-0.2, 0) is 37.9 Å². The topological polar surface area (TPSA) is 296 Å². The van der Waals surface area contributed by atoms with Crippen molar-refractivity contribution in [3.05, 3.63) is 0 Å². The molecule has 9 aliphatic rings. The van der Waals surface area contributed by atoms with Gasteiger partial charge in [0, 0.05) is 12.3 Å². The fraction of sp³-hybridized carbons (Fsp3) is 1.00. The first-order valence-electron chi connectivity index (χ1n) is 23.9. The Bertz CT molecular complexity index is 1600. The number of aliphatic hydroxyl groups is 11. The van der Waals surface area contributed by atoms with Crippen LogP contribution in [0.3, 0.4) is 0 Å². The largest absolute Gasteiger partial charge is 0.394 e. The predicted molar refractivity (Wildman–Crippen MR) is 217 cm³/mol. The molecule has 0 amide bonds. The van der Waals surface area contributed by atoms with Crippen LogP contribution in [0, 0.1) is 52.3 Å². The molecule has 19 nitrogen and oxygen atoms in total. The molecule has 0 bridgehead atoms. The molecule has 11 N–H and O–H groups in total. The Morgan fingerprint density at radius 1 is 0.578 bits per heavy atom. The lowest BCUT2D eigenvalue weighted by molar-refractivity contribution is -0.391. The molecule has 9 fully saturated rings. The lowest BCUT2D eigenvalue weighted by Gasteiger charge is -2.62. The molecule has 0 aromatic rings. The van der Waals surface area contributed by atoms with E-state index in [2.05, 4.69) is 27.7 Å². The van der Waals surface area contributed by atoms with Gasteiger partial charge in [0.1, 0.15) is 73.2 Å². The number of hydrogen-bond acceptors (Lipinski definition) is 19. The highest BCUT2D eigenvalue weighted by Crippen LogP contribution is 2.71. The first-order valence-corrected chi connectivity index (χ1v) is 23.9. The molecule has 19 heteroatoms. The molecule has 5 heterocycles. The summed E-state index contributed by atoms with van der Waals surface area (Å²) in [6.07, 6.45) is -18.5. The molecule has 5 aliphatic heterocycles. The third-order valence-corrected chi connectivity index (χ3v) is 18.3. The van der Waals surface area contributed by atoms with E-state index in [1.54, 1.807) is 0 Å². The molecule has 0 aromatic heterocycles. The molecular weight excluding hydrogens is 844 g/mol. The van der Waals surface area contributed by atoms with Gasteiger partial charge in [-0.15, -0.1) is 0 Å². The Balaban J connectivity index is 0.848. The minimum absolute atomic E-state index is 0.144. The maximum absolute atomic E-state index is 11.8. The number of hydrogen-bond donors (Lipinski definition) is 11. The second-order valence-electron chi connectivity index (χ2n) is 21.7. The van der Waals surface area contributed by atoms with E-state index in [4.69, 9.17) is 37.9 Å². The monoisotopic (exact) mass is 918 g/mol. The predicted octanol–water partition coefficient (Wildman–Crippen LogP) is -1.76. The molecule has 0 aromatic carbocycles. The molecule has 4 aliphatic carbocycles. The van der Waals surface area contributed by atoms with Gasteiger partial charge in [-0.25, -0.2) is 0 Å². The van der Waals surface area contributed by atoms with Gasteiger partial charge in [0.2, 0.25) is 0 Å². The minimum Gasteiger partial charge on any atom is -0.394 e. The van der Waals surface area contributed by atoms with Crippen LogP contribution in [0.4, 0.5) is 0 Å². The molecule has 368 valence electrons. The summed E-state index contributed by atoms with van der Waals surface area (Å²) in [6.45, 7) is 7.85. The number of ether oxygens (including phenoxy) is 8. The van der Waals surface area contributed by atoms with Crippen LogP contribution in [-0.4, -0.2) is 199 Å². The first-order chi connectivity index (χ1) is 30.4. The van der Waals surface area contributed by atoms with E-state index in [1.807, 2.05) is 0 Å². The summed E-state index contributed by atoms with van der Waals surface area (Å²) >= 11 is 0. The first kappa shape index (κ1) is 48.3. The summed E-state index contributed by atoms with van der Waals surface area (Å²) < 4.78 is 48.7. The SMILES string of the molecule is CC1CCC2(OC1)OC1CC3C4CCC5CC(OC6OC(CO)C(OC7OC(CO)C(O)C(O)C7OC7OC(CO)C(O)C(O)C7O)C(O)C6O)C(O)CC5(C)C4CCC3(C)C1C2C. The summed E-state index contributed by atoms with van der Waals surface area (Å²) in [5.74, 6) is 2.57. The molecule has 64 heavy (non-hydrogen) atoms. The smallest absolute Gasteiger partial charge is 0.187 e. The lowest BCUT2D eigenvalue weighted by atomic mass is 9.44. The van der Waals surface area contributed by atoms with Crippen molar-refractivity contribution in [1.29, 1.82) is 0 Å². The van der Waals surface area contributed by atoms with E-state index in [1.165, 1.54) is 0 Å². The third kappa shape index (κ3) is 7.85. The van der Waals surface area contributed by atoms with E-state index in [-0.39, 0.29) is 22.9 Å². The second-order valence-corrected chi connectivity index (χ2v) is 21.7. The summed E-state index contributed by atoms with van der Waals surface area (Å²) in [7, 11) is 0. The zero-order valence-corrected chi connectivity index (χ0v) is 37.3. The Labute approximate surface area is 373 Å². The molecular formula is C45H74O19. The van der Waals surface area contributed by atoms with Crippen LogP contribution < -0.4 is 0 Å². The van der Waals surface area contributed by atoms with E-state index in [0.717, 1.165) is 51.6 Å². The van der Waals surface area contributed by atoms with Gasteiger partial charge >= 0.3 is 0 Å². The summed E-state index contributed by atoms with van der Waals surface area (Å²) in [4.78, 5) is 0. The Morgan fingerprint density at radius 2 is 1.19 bits per heavy atom. The van der Waals surface area contributed by atoms with Gasteiger partial charge in [-0.1, -0.05) is 27.7 Å². The third-order valence-electron chi connectivity index (χ3n) is 18.3. The molecule has 28 atom stereocenters. The van der Waals surface area contributed by atoms with Crippen LogP contribution in [0.5, 0.6) is 0 Å². The molecule has 0 radical (unpaired) electrons. The van der Waals surface area contributed by atoms with Gasteiger partial charge in [0.25, 0.3) is 0 Å². The fourth-order valence-electron chi connectivity index (χ4n) is 14.7. The Kier molecular flexibility index (Phi) is 13.7. The molecule has 9 rings (SSSR count). The average Bonchev–Trinajstić information content (AvgIpc) is 3.72. The zero-order chi connectivity index (χ0) is 45.8. The van der Waals surface area contributed by atoms with Crippen LogP contribution in [0.15, 0.2) is 0 Å². The maximum Gasteiger partial charge on any atom is 0.187 e. The van der Waals surface area contributed by atoms with Crippen LogP contribution >= 0.6 is 0 Å². The van der Waals surface area contributed by atoms with Crippen molar-refractivity contribution in [2.45, 2.75) is 202 Å². The zero-order valence-electron chi connectivity index (χ0n) is 37.3. The molecule has 1 spiro atoms. The van der Waals surface area contributed by atoms with Crippen molar-refractivity contribution >= 4 is 0 Å². The number of rotatable bonds is 9. The van der Waals surface area contributed by atoms with Crippen molar-refractivity contribution in [1.82, 2.24) is 0 Å². The average molecular weight is 919 g/mol. The lowest BCUT2D eigenvalue weighted by Crippen LogP contribution is -2.67. The maximum atomic E-state index is 11.8. The van der Waals surface area contributed by atoms with Crippen molar-refractivity contribution < 1.29 is 94.1 Å². The van der Waals surface area contributed by atoms with Gasteiger partial charge in [-0.05, 0) is 97.7 Å². The summed E-state index contributed by atoms with van der Waals surface area (Å²) in [6, 6.07) is 0. The van der Waals surface area contributed by atoms with Gasteiger partial charge in [-0.3, -0.25) is 0 Å². The Morgan fingerprint density at radius 3 is 1.86 bits per heavy atom. The summed E-state index contributed by atoms with van der Waals surface area (Å²) in [5, 5.41) is 118. The van der Waals surface area contributed by atoms with Crippen LogP contribution in [0.2, 0.25) is 0 Å². The molecule has 5 saturated heterocycles. The highest BCUT2D eigenvalue weighted by molar-refractivity contribution is 5.16. The highest BCUT2D eigenvalue weighted by Gasteiger charge is 2.69. The van der Waals surface area contributed by atoms with Crippen molar-refractivity contribution in [3.8, 4) is 0 Å². The van der Waals surface area contributed by atoms with Crippen molar-refractivity contribution in [2.24, 2.45) is 52.3 Å². The quantitative estimate of drug-likeness (QED) is 0.114. The molecule has 4 saturated carbocycles. The fourth-order valence-corrected chi connectivity index (χ4v) is 14.7. The van der Waals surface area contributed by atoms with Crippen LogP contribution in [0.25, 0.3) is 0 Å². The van der Waals surface area contributed by atoms with E-state index in [0.29, 0.717) is 48.3 Å². The number of fused-ring (bicyclic) bond motifs is 7. The Hall–Kier alpha value is -0.760. The van der Waals surface area contributed by atoms with Gasteiger partial charge in [0.05, 0.1) is 44.7 Å². The minimum atomic E-state index is -1.91. The van der Waals surface area contributed by atoms with Crippen LogP contribution in [0.1, 0.15) is 85.5 Å². The molecule has 28 unspecified atom stereocenters. The van der Waals surface area contributed by atoms with E-state index < -0.39 is 130 Å².